The van der Waals surface area contributed by atoms with Crippen LogP contribution in [-0.2, 0) is 11.3 Å². The molecule has 140 valence electrons. The molecule has 6 nitrogen and oxygen atoms in total. The van der Waals surface area contributed by atoms with Crippen molar-refractivity contribution >= 4 is 5.91 Å². The number of hydrogen-bond acceptors (Lipinski definition) is 5. The Kier molecular flexibility index (Phi) is 6.66. The molecule has 0 heterocycles. The second-order valence-electron chi connectivity index (χ2n) is 5.46. The maximum absolute atomic E-state index is 13.5. The molecule has 2 aromatic rings. The number of ether oxygens (including phenoxy) is 4. The zero-order valence-electron chi connectivity index (χ0n) is 15.2. The van der Waals surface area contributed by atoms with E-state index in [9.17, 15) is 9.18 Å². The molecule has 7 heteroatoms. The van der Waals surface area contributed by atoms with Crippen molar-refractivity contribution in [2.75, 3.05) is 35.0 Å². The topological polar surface area (TPSA) is 57.2 Å². The molecule has 0 N–H and O–H groups in total. The van der Waals surface area contributed by atoms with Crippen molar-refractivity contribution in [2.24, 2.45) is 0 Å². The summed E-state index contributed by atoms with van der Waals surface area (Å²) >= 11 is 0. The summed E-state index contributed by atoms with van der Waals surface area (Å²) in [5.74, 6) is 0.704. The first-order valence-corrected chi connectivity index (χ1v) is 7.91. The van der Waals surface area contributed by atoms with Gasteiger partial charge >= 0.3 is 0 Å². The standard InChI is InChI=1S/C19H22FNO5/c1-21(17(22)12-26-15-8-6-5-7-14(15)20)11-13-9-10-16(23-2)19(25-4)18(13)24-3/h5-10H,11-12H2,1-4H3. The van der Waals surface area contributed by atoms with Crippen LogP contribution < -0.4 is 18.9 Å². The normalized spacial score (nSPS) is 10.2. The molecule has 0 aliphatic rings. The molecule has 0 spiro atoms. The molecule has 2 aromatic carbocycles. The third-order valence-electron chi connectivity index (χ3n) is 3.81. The van der Waals surface area contributed by atoms with Gasteiger partial charge in [-0.05, 0) is 24.3 Å². The summed E-state index contributed by atoms with van der Waals surface area (Å²) < 4.78 is 34.8. The first-order chi connectivity index (χ1) is 12.5. The van der Waals surface area contributed by atoms with Gasteiger partial charge in [0.05, 0.1) is 21.3 Å². The Bertz CT molecular complexity index is 766. The molecule has 0 bridgehead atoms. The lowest BCUT2D eigenvalue weighted by Crippen LogP contribution is -2.31. The highest BCUT2D eigenvalue weighted by atomic mass is 19.1. The van der Waals surface area contributed by atoms with Crippen molar-refractivity contribution in [1.82, 2.24) is 4.90 Å². The summed E-state index contributed by atoms with van der Waals surface area (Å²) in [6.45, 7) is -0.00394. The predicted molar refractivity (Wildman–Crippen MR) is 94.5 cm³/mol. The Balaban J connectivity index is 2.08. The zero-order valence-corrected chi connectivity index (χ0v) is 15.2. The molecule has 0 saturated heterocycles. The molecule has 1 amide bonds. The number of methoxy groups -OCH3 is 3. The van der Waals surface area contributed by atoms with Crippen molar-refractivity contribution in [3.63, 3.8) is 0 Å². The van der Waals surface area contributed by atoms with Crippen LogP contribution >= 0.6 is 0 Å². The van der Waals surface area contributed by atoms with Gasteiger partial charge in [0.25, 0.3) is 5.91 Å². The highest BCUT2D eigenvalue weighted by molar-refractivity contribution is 5.77. The van der Waals surface area contributed by atoms with Crippen molar-refractivity contribution < 1.29 is 28.1 Å². The van der Waals surface area contributed by atoms with E-state index in [1.54, 1.807) is 31.3 Å². The van der Waals surface area contributed by atoms with Gasteiger partial charge in [0, 0.05) is 19.2 Å². The second-order valence-corrected chi connectivity index (χ2v) is 5.46. The van der Waals surface area contributed by atoms with Crippen LogP contribution in [-0.4, -0.2) is 45.8 Å². The molecule has 0 fully saturated rings. The van der Waals surface area contributed by atoms with Crippen LogP contribution in [0.25, 0.3) is 0 Å². The van der Waals surface area contributed by atoms with Gasteiger partial charge in [-0.15, -0.1) is 0 Å². The largest absolute Gasteiger partial charge is 0.493 e. The number of amides is 1. The van der Waals surface area contributed by atoms with Gasteiger partial charge in [-0.25, -0.2) is 4.39 Å². The minimum Gasteiger partial charge on any atom is -0.493 e. The summed E-state index contributed by atoms with van der Waals surface area (Å²) in [5, 5.41) is 0. The van der Waals surface area contributed by atoms with E-state index >= 15 is 0 Å². The van der Waals surface area contributed by atoms with Gasteiger partial charge in [0.1, 0.15) is 0 Å². The van der Waals surface area contributed by atoms with Crippen LogP contribution in [0.15, 0.2) is 36.4 Å². The van der Waals surface area contributed by atoms with Crippen LogP contribution in [0.2, 0.25) is 0 Å². The first-order valence-electron chi connectivity index (χ1n) is 7.91. The molecule has 0 radical (unpaired) electrons. The third kappa shape index (κ3) is 4.36. The molecule has 0 saturated carbocycles. The average Bonchev–Trinajstić information content (AvgIpc) is 2.66. The van der Waals surface area contributed by atoms with Crippen LogP contribution in [0, 0.1) is 5.82 Å². The molecule has 0 atom stereocenters. The van der Waals surface area contributed by atoms with E-state index in [4.69, 9.17) is 18.9 Å². The molecule has 0 aromatic heterocycles. The lowest BCUT2D eigenvalue weighted by Gasteiger charge is -2.21. The molecular weight excluding hydrogens is 341 g/mol. The molecule has 0 unspecified atom stereocenters. The van der Waals surface area contributed by atoms with Crippen LogP contribution in [0.5, 0.6) is 23.0 Å². The van der Waals surface area contributed by atoms with Crippen molar-refractivity contribution in [2.45, 2.75) is 6.54 Å². The van der Waals surface area contributed by atoms with E-state index in [-0.39, 0.29) is 24.8 Å². The number of carbonyl (C=O) groups excluding carboxylic acids is 1. The zero-order chi connectivity index (χ0) is 19.1. The lowest BCUT2D eigenvalue weighted by atomic mass is 10.1. The third-order valence-corrected chi connectivity index (χ3v) is 3.81. The summed E-state index contributed by atoms with van der Waals surface area (Å²) in [5.41, 5.74) is 0.742. The molecule has 2 rings (SSSR count). The SMILES string of the molecule is COc1ccc(CN(C)C(=O)COc2ccccc2F)c(OC)c1OC. The average molecular weight is 363 g/mol. The number of halogens is 1. The van der Waals surface area contributed by atoms with Crippen molar-refractivity contribution in [3.8, 4) is 23.0 Å². The summed E-state index contributed by atoms with van der Waals surface area (Å²) in [6, 6.07) is 9.48. The minimum atomic E-state index is -0.510. The fraction of sp³-hybridized carbons (Fsp3) is 0.316. The maximum atomic E-state index is 13.5. The monoisotopic (exact) mass is 363 g/mol. The number of benzene rings is 2. The van der Waals surface area contributed by atoms with E-state index in [1.807, 2.05) is 0 Å². The van der Waals surface area contributed by atoms with Crippen LogP contribution in [0.1, 0.15) is 5.56 Å². The fourth-order valence-electron chi connectivity index (χ4n) is 2.44. The number of likely N-dealkylation sites (N-methyl/N-ethyl adjacent to an activating group) is 1. The Morgan fingerprint density at radius 2 is 1.65 bits per heavy atom. The number of hydrogen-bond donors (Lipinski definition) is 0. The number of nitrogens with zero attached hydrogens (tertiary/aromatic N) is 1. The Labute approximate surface area is 152 Å². The lowest BCUT2D eigenvalue weighted by molar-refractivity contribution is -0.132. The van der Waals surface area contributed by atoms with Gasteiger partial charge in [-0.2, -0.15) is 0 Å². The number of carbonyl (C=O) groups is 1. The molecular formula is C19H22FNO5. The smallest absolute Gasteiger partial charge is 0.260 e. The minimum absolute atomic E-state index is 0.0398. The van der Waals surface area contributed by atoms with E-state index in [0.29, 0.717) is 17.2 Å². The second kappa shape index (κ2) is 8.94. The van der Waals surface area contributed by atoms with Crippen LogP contribution in [0.4, 0.5) is 4.39 Å². The van der Waals surface area contributed by atoms with Crippen molar-refractivity contribution in [1.29, 1.82) is 0 Å². The van der Waals surface area contributed by atoms with Gasteiger partial charge in [-0.1, -0.05) is 12.1 Å². The van der Waals surface area contributed by atoms with E-state index < -0.39 is 5.82 Å². The van der Waals surface area contributed by atoms with Gasteiger partial charge < -0.3 is 23.8 Å². The maximum Gasteiger partial charge on any atom is 0.260 e. The summed E-state index contributed by atoms with van der Waals surface area (Å²) in [4.78, 5) is 13.8. The van der Waals surface area contributed by atoms with Crippen LogP contribution in [0.3, 0.4) is 0 Å². The first kappa shape index (κ1) is 19.4. The van der Waals surface area contributed by atoms with Gasteiger partial charge in [0.15, 0.2) is 29.7 Å². The van der Waals surface area contributed by atoms with Crippen molar-refractivity contribution in [3.05, 3.63) is 47.8 Å². The quantitative estimate of drug-likeness (QED) is 0.722. The summed E-state index contributed by atoms with van der Waals surface area (Å²) in [7, 11) is 6.20. The Morgan fingerprint density at radius 3 is 2.27 bits per heavy atom. The molecule has 26 heavy (non-hydrogen) atoms. The van der Waals surface area contributed by atoms with Gasteiger partial charge in [0.2, 0.25) is 5.75 Å². The molecule has 0 aliphatic carbocycles. The summed E-state index contributed by atoms with van der Waals surface area (Å²) in [6.07, 6.45) is 0. The highest BCUT2D eigenvalue weighted by Gasteiger charge is 2.19. The Hall–Kier alpha value is -2.96. The fourth-order valence-corrected chi connectivity index (χ4v) is 2.44. The highest BCUT2D eigenvalue weighted by Crippen LogP contribution is 2.40. The predicted octanol–water partition coefficient (Wildman–Crippen LogP) is 2.89. The van der Waals surface area contributed by atoms with Gasteiger partial charge in [-0.3, -0.25) is 4.79 Å². The van der Waals surface area contributed by atoms with E-state index in [0.717, 1.165) is 5.56 Å². The molecule has 0 aliphatic heterocycles. The number of rotatable bonds is 8. The van der Waals surface area contributed by atoms with E-state index in [2.05, 4.69) is 0 Å². The van der Waals surface area contributed by atoms with E-state index in [1.165, 1.54) is 38.4 Å². The Morgan fingerprint density at radius 1 is 0.962 bits per heavy atom. The number of para-hydroxylation sites is 1.